The minimum absolute atomic E-state index is 0.0977. The van der Waals surface area contributed by atoms with E-state index in [2.05, 4.69) is 19.7 Å². The molecule has 0 aliphatic rings. The Morgan fingerprint density at radius 1 is 1.44 bits per heavy atom. The van der Waals surface area contributed by atoms with E-state index in [-0.39, 0.29) is 12.4 Å². The van der Waals surface area contributed by atoms with Gasteiger partial charge in [0.1, 0.15) is 0 Å². The van der Waals surface area contributed by atoms with E-state index in [4.69, 9.17) is 5.53 Å². The van der Waals surface area contributed by atoms with Gasteiger partial charge >= 0.3 is 6.18 Å². The standard InChI is InChI=1S/C10H9F3N4O/c11-10(12,13)7-18-9-4-3-8(6-15-9)2-1-5-16-17-14/h1-4,6H,5,7H2. The SMILES string of the molecule is [N-]=[N+]=NCC=Cc1ccc(OCC(F)(F)F)nc1. The zero-order valence-corrected chi connectivity index (χ0v) is 9.13. The van der Waals surface area contributed by atoms with Crippen LogP contribution in [0.25, 0.3) is 16.5 Å². The van der Waals surface area contributed by atoms with Crippen LogP contribution in [-0.2, 0) is 0 Å². The minimum atomic E-state index is -4.38. The van der Waals surface area contributed by atoms with E-state index in [1.807, 2.05) is 0 Å². The smallest absolute Gasteiger partial charge is 0.422 e. The molecule has 18 heavy (non-hydrogen) atoms. The van der Waals surface area contributed by atoms with E-state index >= 15 is 0 Å². The van der Waals surface area contributed by atoms with Crippen LogP contribution >= 0.6 is 0 Å². The van der Waals surface area contributed by atoms with Gasteiger partial charge < -0.3 is 4.74 Å². The first-order valence-electron chi connectivity index (χ1n) is 4.84. The van der Waals surface area contributed by atoms with Crippen molar-refractivity contribution in [3.8, 4) is 5.88 Å². The lowest BCUT2D eigenvalue weighted by molar-refractivity contribution is -0.154. The summed E-state index contributed by atoms with van der Waals surface area (Å²) >= 11 is 0. The number of hydrogen-bond acceptors (Lipinski definition) is 3. The quantitative estimate of drug-likeness (QED) is 0.461. The summed E-state index contributed by atoms with van der Waals surface area (Å²) in [6, 6.07) is 2.88. The lowest BCUT2D eigenvalue weighted by atomic mass is 10.2. The largest absolute Gasteiger partial charge is 0.468 e. The van der Waals surface area contributed by atoms with Gasteiger partial charge in [-0.05, 0) is 17.2 Å². The molecule has 0 amide bonds. The second kappa shape index (κ2) is 6.51. The maximum Gasteiger partial charge on any atom is 0.422 e. The topological polar surface area (TPSA) is 70.9 Å². The van der Waals surface area contributed by atoms with Crippen molar-refractivity contribution in [2.24, 2.45) is 5.11 Å². The Morgan fingerprint density at radius 2 is 2.22 bits per heavy atom. The molecule has 1 aromatic heterocycles. The van der Waals surface area contributed by atoms with E-state index in [1.165, 1.54) is 12.3 Å². The van der Waals surface area contributed by atoms with Crippen LogP contribution in [0.15, 0.2) is 29.5 Å². The molecule has 0 bridgehead atoms. The Hall–Kier alpha value is -2.21. The first-order chi connectivity index (χ1) is 8.51. The summed E-state index contributed by atoms with van der Waals surface area (Å²) < 4.78 is 40.0. The normalized spacial score (nSPS) is 11.3. The molecule has 0 spiro atoms. The van der Waals surface area contributed by atoms with Crippen LogP contribution in [0, 0.1) is 0 Å². The summed E-state index contributed by atoms with van der Waals surface area (Å²) in [6.07, 6.45) is 0.218. The highest BCUT2D eigenvalue weighted by atomic mass is 19.4. The van der Waals surface area contributed by atoms with Crippen molar-refractivity contribution in [1.82, 2.24) is 4.98 Å². The summed E-state index contributed by atoms with van der Waals surface area (Å²) in [4.78, 5) is 6.26. The van der Waals surface area contributed by atoms with Crippen molar-refractivity contribution >= 4 is 6.08 Å². The van der Waals surface area contributed by atoms with Gasteiger partial charge in [-0.25, -0.2) is 4.98 Å². The number of alkyl halides is 3. The molecule has 96 valence electrons. The highest BCUT2D eigenvalue weighted by molar-refractivity contribution is 5.48. The van der Waals surface area contributed by atoms with Gasteiger partial charge in [-0.15, -0.1) is 0 Å². The fraction of sp³-hybridized carbons (Fsp3) is 0.300. The molecule has 1 aromatic rings. The number of rotatable bonds is 5. The van der Waals surface area contributed by atoms with Gasteiger partial charge in [0.15, 0.2) is 6.61 Å². The molecule has 0 fully saturated rings. The minimum Gasteiger partial charge on any atom is -0.468 e. The monoisotopic (exact) mass is 258 g/mol. The number of nitrogens with zero attached hydrogens (tertiary/aromatic N) is 4. The molecule has 5 nitrogen and oxygen atoms in total. The molecule has 0 N–H and O–H groups in total. The van der Waals surface area contributed by atoms with Gasteiger partial charge in [0.25, 0.3) is 0 Å². The number of halogens is 3. The summed E-state index contributed by atoms with van der Waals surface area (Å²) in [5, 5.41) is 3.28. The van der Waals surface area contributed by atoms with Crippen molar-refractivity contribution in [3.63, 3.8) is 0 Å². The fourth-order valence-electron chi connectivity index (χ4n) is 1.00. The van der Waals surface area contributed by atoms with Crippen molar-refractivity contribution in [2.45, 2.75) is 6.18 Å². The number of pyridine rings is 1. The van der Waals surface area contributed by atoms with Crippen LogP contribution in [0.1, 0.15) is 5.56 Å². The molecule has 0 unspecified atom stereocenters. The fourth-order valence-corrected chi connectivity index (χ4v) is 1.00. The van der Waals surface area contributed by atoms with Gasteiger partial charge in [-0.1, -0.05) is 17.3 Å². The van der Waals surface area contributed by atoms with E-state index < -0.39 is 12.8 Å². The zero-order valence-electron chi connectivity index (χ0n) is 9.13. The number of aromatic nitrogens is 1. The van der Waals surface area contributed by atoms with E-state index in [9.17, 15) is 13.2 Å². The Balaban J connectivity index is 2.52. The number of azide groups is 1. The summed E-state index contributed by atoms with van der Waals surface area (Å²) in [6.45, 7) is -1.17. The van der Waals surface area contributed by atoms with E-state index in [1.54, 1.807) is 18.2 Å². The molecule has 0 aromatic carbocycles. The van der Waals surface area contributed by atoms with Crippen molar-refractivity contribution in [3.05, 3.63) is 40.4 Å². The van der Waals surface area contributed by atoms with Crippen molar-refractivity contribution < 1.29 is 17.9 Å². The maximum absolute atomic E-state index is 11.9. The molecule has 0 saturated carbocycles. The Kier molecular flexibility index (Phi) is 5.01. The first-order valence-corrected chi connectivity index (χ1v) is 4.84. The van der Waals surface area contributed by atoms with Crippen LogP contribution in [0.5, 0.6) is 5.88 Å². The van der Waals surface area contributed by atoms with Crippen molar-refractivity contribution in [1.29, 1.82) is 0 Å². The first kappa shape index (κ1) is 13.9. The van der Waals surface area contributed by atoms with Crippen LogP contribution in [0.4, 0.5) is 13.2 Å². The third-order valence-corrected chi connectivity index (χ3v) is 1.70. The Bertz CT molecular complexity index is 449. The van der Waals surface area contributed by atoms with Crippen molar-refractivity contribution in [2.75, 3.05) is 13.2 Å². The van der Waals surface area contributed by atoms with Gasteiger partial charge in [0.2, 0.25) is 5.88 Å². The summed E-state index contributed by atoms with van der Waals surface area (Å²) in [7, 11) is 0. The number of hydrogen-bond donors (Lipinski definition) is 0. The predicted octanol–water partition coefficient (Wildman–Crippen LogP) is 3.35. The van der Waals surface area contributed by atoms with E-state index in [0.717, 1.165) is 0 Å². The molecular formula is C10H9F3N4O. The van der Waals surface area contributed by atoms with Crippen LogP contribution in [-0.4, -0.2) is 24.3 Å². The zero-order chi connectivity index (χ0) is 13.4. The Labute approximate surface area is 101 Å². The average Bonchev–Trinajstić information content (AvgIpc) is 2.33. The molecule has 0 radical (unpaired) electrons. The lowest BCUT2D eigenvalue weighted by Crippen LogP contribution is -2.19. The maximum atomic E-state index is 11.9. The Morgan fingerprint density at radius 3 is 2.78 bits per heavy atom. The number of ether oxygens (including phenoxy) is 1. The average molecular weight is 258 g/mol. The third kappa shape index (κ3) is 5.76. The molecule has 8 heteroatoms. The predicted molar refractivity (Wildman–Crippen MR) is 58.8 cm³/mol. The van der Waals surface area contributed by atoms with E-state index in [0.29, 0.717) is 5.56 Å². The highest BCUT2D eigenvalue weighted by Gasteiger charge is 2.28. The van der Waals surface area contributed by atoms with Gasteiger partial charge in [0, 0.05) is 23.7 Å². The van der Waals surface area contributed by atoms with Gasteiger partial charge in [0.05, 0.1) is 0 Å². The molecule has 0 aliphatic carbocycles. The highest BCUT2D eigenvalue weighted by Crippen LogP contribution is 2.17. The second-order valence-electron chi connectivity index (χ2n) is 3.15. The summed E-state index contributed by atoms with van der Waals surface area (Å²) in [5.41, 5.74) is 8.70. The summed E-state index contributed by atoms with van der Waals surface area (Å²) in [5.74, 6) is -0.0977. The lowest BCUT2D eigenvalue weighted by Gasteiger charge is -2.07. The van der Waals surface area contributed by atoms with Crippen LogP contribution in [0.3, 0.4) is 0 Å². The molecule has 1 heterocycles. The molecule has 1 rings (SSSR count). The van der Waals surface area contributed by atoms with Crippen LogP contribution in [0.2, 0.25) is 0 Å². The molecular weight excluding hydrogens is 249 g/mol. The van der Waals surface area contributed by atoms with Gasteiger partial charge in [-0.3, -0.25) is 0 Å². The molecule has 0 aliphatic heterocycles. The van der Waals surface area contributed by atoms with Gasteiger partial charge in [-0.2, -0.15) is 13.2 Å². The van der Waals surface area contributed by atoms with Crippen LogP contribution < -0.4 is 4.74 Å². The molecule has 0 saturated heterocycles. The second-order valence-corrected chi connectivity index (χ2v) is 3.15. The molecule has 0 atom stereocenters. The third-order valence-electron chi connectivity index (χ3n) is 1.70.